The Morgan fingerprint density at radius 3 is 2.56 bits per heavy atom. The van der Waals surface area contributed by atoms with Gasteiger partial charge in [-0.3, -0.25) is 9.69 Å². The van der Waals surface area contributed by atoms with Crippen LogP contribution in [-0.4, -0.2) is 25.7 Å². The predicted octanol–water partition coefficient (Wildman–Crippen LogP) is 7.38. The van der Waals surface area contributed by atoms with Gasteiger partial charge in [0.2, 0.25) is 0 Å². The second-order valence-electron chi connectivity index (χ2n) is 9.25. The molecule has 0 unspecified atom stereocenters. The van der Waals surface area contributed by atoms with Gasteiger partial charge in [0.05, 0.1) is 4.91 Å². The predicted molar refractivity (Wildman–Crippen MR) is 147 cm³/mol. The Labute approximate surface area is 209 Å². The molecule has 0 spiro atoms. The van der Waals surface area contributed by atoms with Gasteiger partial charge in [-0.1, -0.05) is 97.8 Å². The number of carbonyl (C=O) groups excluding carboxylic acids is 1. The quantitative estimate of drug-likeness (QED) is 0.224. The highest BCUT2D eigenvalue weighted by atomic mass is 32.2. The van der Waals surface area contributed by atoms with E-state index >= 15 is 0 Å². The summed E-state index contributed by atoms with van der Waals surface area (Å²) >= 11 is 7.09. The monoisotopic (exact) mass is 482 g/mol. The van der Waals surface area contributed by atoms with Crippen LogP contribution in [0.5, 0.6) is 0 Å². The van der Waals surface area contributed by atoms with Gasteiger partial charge in [-0.15, -0.1) is 0 Å². The normalized spacial score (nSPS) is 18.6. The van der Waals surface area contributed by atoms with E-state index in [9.17, 15) is 4.79 Å². The Kier molecular flexibility index (Phi) is 5.75. The fourth-order valence-electron chi connectivity index (χ4n) is 5.33. The third kappa shape index (κ3) is 3.97. The number of benzene rings is 3. The number of hydrogen-bond donors (Lipinski definition) is 0. The maximum atomic E-state index is 13.3. The molecular weight excluding hydrogens is 456 g/mol. The zero-order valence-electron chi connectivity index (χ0n) is 18.9. The van der Waals surface area contributed by atoms with E-state index in [0.29, 0.717) is 4.32 Å². The first kappa shape index (κ1) is 21.6. The topological polar surface area (TPSA) is 25.2 Å². The molecule has 2 aliphatic rings. The molecule has 0 N–H and O–H groups in total. The summed E-state index contributed by atoms with van der Waals surface area (Å²) in [6, 6.07) is 23.8. The number of fused-ring (bicyclic) bond motifs is 2. The minimum Gasteiger partial charge on any atom is -0.342 e. The van der Waals surface area contributed by atoms with Crippen LogP contribution in [0.1, 0.15) is 43.2 Å². The van der Waals surface area contributed by atoms with Crippen LogP contribution in [0.2, 0.25) is 0 Å². The van der Waals surface area contributed by atoms with Gasteiger partial charge in [0, 0.05) is 35.2 Å². The van der Waals surface area contributed by atoms with E-state index < -0.39 is 0 Å². The van der Waals surface area contributed by atoms with Crippen molar-refractivity contribution in [1.82, 2.24) is 9.47 Å². The molecule has 0 bridgehead atoms. The number of nitrogens with zero attached hydrogens (tertiary/aromatic N) is 2. The first-order valence-corrected chi connectivity index (χ1v) is 13.2. The lowest BCUT2D eigenvalue weighted by Gasteiger charge is -2.29. The minimum absolute atomic E-state index is 0.0771. The van der Waals surface area contributed by atoms with E-state index in [4.69, 9.17) is 12.2 Å². The van der Waals surface area contributed by atoms with Gasteiger partial charge in [-0.25, -0.2) is 0 Å². The number of carbonyl (C=O) groups is 1. The number of amides is 1. The molecule has 34 heavy (non-hydrogen) atoms. The molecule has 1 aliphatic carbocycles. The molecule has 1 saturated carbocycles. The van der Waals surface area contributed by atoms with E-state index in [0.717, 1.165) is 35.2 Å². The highest BCUT2D eigenvalue weighted by Gasteiger charge is 2.37. The van der Waals surface area contributed by atoms with Gasteiger partial charge >= 0.3 is 0 Å². The Morgan fingerprint density at radius 1 is 0.941 bits per heavy atom. The Bertz CT molecular complexity index is 1450. The van der Waals surface area contributed by atoms with Crippen LogP contribution < -0.4 is 0 Å². The van der Waals surface area contributed by atoms with Crippen molar-refractivity contribution in [3.63, 3.8) is 0 Å². The van der Waals surface area contributed by atoms with Gasteiger partial charge < -0.3 is 4.57 Å². The number of hydrogen-bond acceptors (Lipinski definition) is 3. The van der Waals surface area contributed by atoms with Crippen LogP contribution in [0.25, 0.3) is 27.8 Å². The molecule has 2 fully saturated rings. The number of rotatable bonds is 4. The zero-order chi connectivity index (χ0) is 23.1. The maximum Gasteiger partial charge on any atom is 0.266 e. The molecule has 2 heterocycles. The first-order chi connectivity index (χ1) is 16.7. The standard InChI is InChI=1S/C29H26N2OS2/c32-28-27(34-29(33)31(28)24-10-2-1-3-11-24)17-23-19-30(26-13-7-6-12-25(23)26)18-20-14-15-21-8-4-5-9-22(21)16-20/h4-9,12-17,19,24H,1-3,10-11,18H2/b27-17+. The van der Waals surface area contributed by atoms with Gasteiger partial charge in [0.1, 0.15) is 4.32 Å². The molecule has 3 nitrogen and oxygen atoms in total. The van der Waals surface area contributed by atoms with Gasteiger partial charge in [0.15, 0.2) is 0 Å². The lowest BCUT2D eigenvalue weighted by atomic mass is 9.94. The first-order valence-electron chi connectivity index (χ1n) is 12.0. The number of thioether (sulfide) groups is 1. The van der Waals surface area contributed by atoms with E-state index in [1.165, 1.54) is 52.9 Å². The highest BCUT2D eigenvalue weighted by molar-refractivity contribution is 8.26. The molecule has 1 aromatic heterocycles. The Hall–Kier alpha value is -2.89. The highest BCUT2D eigenvalue weighted by Crippen LogP contribution is 2.38. The SMILES string of the molecule is O=C1/C(=C\c2cn(Cc3ccc4ccccc4c3)c3ccccc23)SC(=S)N1C1CCCCC1. The second-order valence-corrected chi connectivity index (χ2v) is 10.9. The van der Waals surface area contributed by atoms with Gasteiger partial charge in [0.25, 0.3) is 5.91 Å². The summed E-state index contributed by atoms with van der Waals surface area (Å²) < 4.78 is 3.00. The third-order valence-electron chi connectivity index (χ3n) is 7.04. The molecule has 170 valence electrons. The van der Waals surface area contributed by atoms with Crippen molar-refractivity contribution in [2.75, 3.05) is 0 Å². The summed E-state index contributed by atoms with van der Waals surface area (Å²) in [5.74, 6) is 0.0771. The molecule has 4 aromatic rings. The fraction of sp³-hybridized carbons (Fsp3) is 0.241. The van der Waals surface area contributed by atoms with E-state index in [-0.39, 0.29) is 11.9 Å². The molecule has 0 atom stereocenters. The molecule has 0 radical (unpaired) electrons. The summed E-state index contributed by atoms with van der Waals surface area (Å²) in [5, 5.41) is 3.67. The van der Waals surface area contributed by atoms with Gasteiger partial charge in [-0.2, -0.15) is 0 Å². The molecule has 1 amide bonds. The summed E-state index contributed by atoms with van der Waals surface area (Å²) in [6.07, 6.45) is 9.97. The van der Waals surface area contributed by atoms with Crippen molar-refractivity contribution >= 4 is 62.0 Å². The van der Waals surface area contributed by atoms with Crippen molar-refractivity contribution in [1.29, 1.82) is 0 Å². The van der Waals surface area contributed by atoms with Crippen molar-refractivity contribution in [2.45, 2.75) is 44.7 Å². The average Bonchev–Trinajstić information content (AvgIpc) is 3.35. The van der Waals surface area contributed by atoms with Crippen molar-refractivity contribution < 1.29 is 4.79 Å². The summed E-state index contributed by atoms with van der Waals surface area (Å²) in [7, 11) is 0. The molecule has 5 heteroatoms. The number of thiocarbonyl (C=S) groups is 1. The van der Waals surface area contributed by atoms with Crippen molar-refractivity contribution in [3.05, 3.63) is 89.0 Å². The van der Waals surface area contributed by atoms with Crippen LogP contribution >= 0.6 is 24.0 Å². The number of para-hydroxylation sites is 1. The van der Waals surface area contributed by atoms with Crippen LogP contribution in [0.4, 0.5) is 0 Å². The Balaban J connectivity index is 1.34. The van der Waals surface area contributed by atoms with Crippen molar-refractivity contribution in [2.24, 2.45) is 0 Å². The summed E-state index contributed by atoms with van der Waals surface area (Å²) in [4.78, 5) is 15.9. The largest absolute Gasteiger partial charge is 0.342 e. The van der Waals surface area contributed by atoms with E-state index in [1.54, 1.807) is 0 Å². The molecule has 6 rings (SSSR count). The van der Waals surface area contributed by atoms with Crippen molar-refractivity contribution in [3.8, 4) is 0 Å². The molecule has 1 saturated heterocycles. The summed E-state index contributed by atoms with van der Waals surface area (Å²) in [6.45, 7) is 0.780. The Morgan fingerprint density at radius 2 is 1.71 bits per heavy atom. The van der Waals surface area contributed by atoms with E-state index in [2.05, 4.69) is 77.5 Å². The molecule has 3 aromatic carbocycles. The third-order valence-corrected chi connectivity index (χ3v) is 8.37. The molecule has 1 aliphatic heterocycles. The molecular formula is C29H26N2OS2. The van der Waals surface area contributed by atoms with Crippen LogP contribution in [0.15, 0.2) is 77.8 Å². The maximum absolute atomic E-state index is 13.3. The summed E-state index contributed by atoms with van der Waals surface area (Å²) in [5.41, 5.74) is 3.50. The van der Waals surface area contributed by atoms with Crippen LogP contribution in [0.3, 0.4) is 0 Å². The second kappa shape index (κ2) is 9.05. The smallest absolute Gasteiger partial charge is 0.266 e. The average molecular weight is 483 g/mol. The number of aromatic nitrogens is 1. The lowest BCUT2D eigenvalue weighted by Crippen LogP contribution is -2.39. The lowest BCUT2D eigenvalue weighted by molar-refractivity contribution is -0.124. The van der Waals surface area contributed by atoms with Gasteiger partial charge in [-0.05, 0) is 47.4 Å². The van der Waals surface area contributed by atoms with E-state index in [1.807, 2.05) is 11.0 Å². The minimum atomic E-state index is 0.0771. The van der Waals surface area contributed by atoms with Crippen LogP contribution in [-0.2, 0) is 11.3 Å². The van der Waals surface area contributed by atoms with Crippen LogP contribution in [0, 0.1) is 0 Å². The zero-order valence-corrected chi connectivity index (χ0v) is 20.6. The fourth-order valence-corrected chi connectivity index (χ4v) is 6.72.